The zero-order valence-corrected chi connectivity index (χ0v) is 11.8. The molecule has 1 heterocycles. The van der Waals surface area contributed by atoms with Gasteiger partial charge in [-0.25, -0.2) is 0 Å². The van der Waals surface area contributed by atoms with Crippen molar-refractivity contribution in [3.63, 3.8) is 0 Å². The highest BCUT2D eigenvalue weighted by Crippen LogP contribution is 2.27. The maximum Gasteiger partial charge on any atom is 0.0991 e. The highest BCUT2D eigenvalue weighted by Gasteiger charge is 2.23. The number of ether oxygens (including phenoxy) is 1. The summed E-state index contributed by atoms with van der Waals surface area (Å²) in [5.74, 6) is 0.707. The highest BCUT2D eigenvalue weighted by molar-refractivity contribution is 5.34. The van der Waals surface area contributed by atoms with Crippen LogP contribution in [0.2, 0.25) is 0 Å². The summed E-state index contributed by atoms with van der Waals surface area (Å²) >= 11 is 0. The molecule has 3 nitrogen and oxygen atoms in total. The number of methoxy groups -OCH3 is 1. The van der Waals surface area contributed by atoms with Crippen molar-refractivity contribution in [2.45, 2.75) is 25.8 Å². The fourth-order valence-corrected chi connectivity index (χ4v) is 2.82. The van der Waals surface area contributed by atoms with E-state index in [2.05, 4.69) is 24.0 Å². The first kappa shape index (κ1) is 14.0. The van der Waals surface area contributed by atoms with Crippen molar-refractivity contribution < 1.29 is 4.74 Å². The topological polar surface area (TPSA) is 36.3 Å². The fourth-order valence-electron chi connectivity index (χ4n) is 2.82. The first-order valence-corrected chi connectivity index (χ1v) is 6.97. The minimum atomic E-state index is 0.386. The van der Waals surface area contributed by atoms with Gasteiger partial charge in [0.1, 0.15) is 0 Å². The number of hydrogen-bond acceptors (Lipinski definition) is 3. The van der Waals surface area contributed by atoms with E-state index < -0.39 is 0 Å². The van der Waals surface area contributed by atoms with Gasteiger partial charge in [-0.15, -0.1) is 0 Å². The molecule has 1 fully saturated rings. The van der Waals surface area contributed by atoms with Crippen LogP contribution in [0.1, 0.15) is 36.9 Å². The summed E-state index contributed by atoms with van der Waals surface area (Å²) in [5.41, 5.74) is 1.99. The van der Waals surface area contributed by atoms with Crippen LogP contribution in [0.25, 0.3) is 0 Å². The number of likely N-dealkylation sites (tertiary alicyclic amines) is 1. The molecule has 0 aliphatic carbocycles. The van der Waals surface area contributed by atoms with Crippen LogP contribution < -0.4 is 0 Å². The number of piperidine rings is 1. The predicted molar refractivity (Wildman–Crippen MR) is 75.7 cm³/mol. The number of benzene rings is 1. The Bertz CT molecular complexity index is 444. The average molecular weight is 258 g/mol. The Morgan fingerprint density at radius 1 is 1.42 bits per heavy atom. The molecule has 0 N–H and O–H groups in total. The summed E-state index contributed by atoms with van der Waals surface area (Å²) in [7, 11) is 1.78. The van der Waals surface area contributed by atoms with Gasteiger partial charge < -0.3 is 4.74 Å². The second-order valence-electron chi connectivity index (χ2n) is 5.35. The molecule has 1 aliphatic heterocycles. The van der Waals surface area contributed by atoms with Gasteiger partial charge in [0.25, 0.3) is 0 Å². The maximum absolute atomic E-state index is 8.97. The van der Waals surface area contributed by atoms with Crippen LogP contribution in [0.4, 0.5) is 0 Å². The smallest absolute Gasteiger partial charge is 0.0991 e. The van der Waals surface area contributed by atoms with Gasteiger partial charge in [0, 0.05) is 19.8 Å². The third kappa shape index (κ3) is 3.56. The van der Waals surface area contributed by atoms with Crippen LogP contribution in [0.5, 0.6) is 0 Å². The van der Waals surface area contributed by atoms with Crippen LogP contribution in [-0.4, -0.2) is 31.7 Å². The van der Waals surface area contributed by atoms with Gasteiger partial charge in [0.05, 0.1) is 11.6 Å². The lowest BCUT2D eigenvalue weighted by molar-refractivity contribution is 0.0833. The number of nitrogens with zero attached hydrogens (tertiary/aromatic N) is 2. The predicted octanol–water partition coefficient (Wildman–Crippen LogP) is 2.98. The maximum atomic E-state index is 8.97. The summed E-state index contributed by atoms with van der Waals surface area (Å²) in [6.45, 7) is 5.34. The number of hydrogen-bond donors (Lipinski definition) is 0. The van der Waals surface area contributed by atoms with E-state index in [1.165, 1.54) is 18.4 Å². The first-order chi connectivity index (χ1) is 9.24. The monoisotopic (exact) mass is 258 g/mol. The van der Waals surface area contributed by atoms with E-state index >= 15 is 0 Å². The number of rotatable bonds is 4. The lowest BCUT2D eigenvalue weighted by Gasteiger charge is -2.36. The zero-order valence-electron chi connectivity index (χ0n) is 11.8. The molecular weight excluding hydrogens is 236 g/mol. The molecule has 1 aromatic carbocycles. The molecule has 1 atom stereocenters. The van der Waals surface area contributed by atoms with Crippen molar-refractivity contribution in [2.75, 3.05) is 26.8 Å². The lowest BCUT2D eigenvalue weighted by Crippen LogP contribution is -2.36. The minimum Gasteiger partial charge on any atom is -0.384 e. The summed E-state index contributed by atoms with van der Waals surface area (Å²) in [6, 6.07) is 10.6. The minimum absolute atomic E-state index is 0.386. The van der Waals surface area contributed by atoms with E-state index in [1.807, 2.05) is 18.2 Å². The molecule has 0 spiro atoms. The van der Waals surface area contributed by atoms with Crippen molar-refractivity contribution in [1.29, 1.82) is 5.26 Å². The first-order valence-electron chi connectivity index (χ1n) is 6.97. The molecule has 102 valence electrons. The Labute approximate surface area is 115 Å². The van der Waals surface area contributed by atoms with Crippen LogP contribution in [-0.2, 0) is 4.74 Å². The third-order valence-corrected chi connectivity index (χ3v) is 4.10. The van der Waals surface area contributed by atoms with Gasteiger partial charge in [-0.3, -0.25) is 4.90 Å². The molecular formula is C16H22N2O. The van der Waals surface area contributed by atoms with E-state index in [0.29, 0.717) is 12.0 Å². The Morgan fingerprint density at radius 2 is 2.16 bits per heavy atom. The standard InChI is InChI=1S/C16H22N2O/c1-13(16-5-3-4-15(10-16)11-17)18-8-6-14(7-9-18)12-19-2/h3-5,10,13-14H,6-9,12H2,1-2H3/t13-/m0/s1. The Balaban J connectivity index is 1.97. The highest BCUT2D eigenvalue weighted by atomic mass is 16.5. The third-order valence-electron chi connectivity index (χ3n) is 4.10. The number of nitriles is 1. The zero-order chi connectivity index (χ0) is 13.7. The quantitative estimate of drug-likeness (QED) is 0.833. The molecule has 0 radical (unpaired) electrons. The van der Waals surface area contributed by atoms with Gasteiger partial charge in [-0.2, -0.15) is 5.26 Å². The summed E-state index contributed by atoms with van der Waals surface area (Å²) < 4.78 is 5.24. The molecule has 3 heteroatoms. The van der Waals surface area contributed by atoms with Gasteiger partial charge >= 0.3 is 0 Å². The van der Waals surface area contributed by atoms with E-state index in [0.717, 1.165) is 25.3 Å². The molecule has 2 rings (SSSR count). The molecule has 1 aliphatic rings. The van der Waals surface area contributed by atoms with Crippen molar-refractivity contribution in [3.8, 4) is 6.07 Å². The van der Waals surface area contributed by atoms with Crippen LogP contribution in [0.3, 0.4) is 0 Å². The normalized spacial score (nSPS) is 19.0. The summed E-state index contributed by atoms with van der Waals surface area (Å²) in [4.78, 5) is 2.50. The van der Waals surface area contributed by atoms with Crippen LogP contribution in [0.15, 0.2) is 24.3 Å². The van der Waals surface area contributed by atoms with Crippen molar-refractivity contribution in [3.05, 3.63) is 35.4 Å². The van der Waals surface area contributed by atoms with Gasteiger partial charge in [-0.05, 0) is 56.5 Å². The van der Waals surface area contributed by atoms with Crippen molar-refractivity contribution in [1.82, 2.24) is 4.90 Å². The molecule has 0 saturated carbocycles. The van der Waals surface area contributed by atoms with E-state index in [9.17, 15) is 0 Å². The van der Waals surface area contributed by atoms with E-state index in [-0.39, 0.29) is 0 Å². The Kier molecular flexibility index (Phi) is 4.95. The van der Waals surface area contributed by atoms with Gasteiger partial charge in [-0.1, -0.05) is 12.1 Å². The second-order valence-corrected chi connectivity index (χ2v) is 5.35. The van der Waals surface area contributed by atoms with E-state index in [4.69, 9.17) is 10.00 Å². The second kappa shape index (κ2) is 6.70. The summed E-state index contributed by atoms with van der Waals surface area (Å²) in [6.07, 6.45) is 2.41. The van der Waals surface area contributed by atoms with E-state index in [1.54, 1.807) is 7.11 Å². The van der Waals surface area contributed by atoms with Gasteiger partial charge in [0.15, 0.2) is 0 Å². The fraction of sp³-hybridized carbons (Fsp3) is 0.562. The molecule has 1 saturated heterocycles. The molecule has 19 heavy (non-hydrogen) atoms. The van der Waals surface area contributed by atoms with Crippen molar-refractivity contribution >= 4 is 0 Å². The largest absolute Gasteiger partial charge is 0.384 e. The molecule has 0 bridgehead atoms. The van der Waals surface area contributed by atoms with Crippen LogP contribution >= 0.6 is 0 Å². The molecule has 1 aromatic rings. The SMILES string of the molecule is COCC1CCN([C@@H](C)c2cccc(C#N)c2)CC1. The molecule has 0 amide bonds. The van der Waals surface area contributed by atoms with Crippen molar-refractivity contribution in [2.24, 2.45) is 5.92 Å². The Morgan fingerprint density at radius 3 is 2.79 bits per heavy atom. The lowest BCUT2D eigenvalue weighted by atomic mass is 9.95. The Hall–Kier alpha value is -1.37. The van der Waals surface area contributed by atoms with Crippen LogP contribution in [0, 0.1) is 17.2 Å². The summed E-state index contributed by atoms with van der Waals surface area (Å²) in [5, 5.41) is 8.97. The van der Waals surface area contributed by atoms with Gasteiger partial charge in [0.2, 0.25) is 0 Å². The average Bonchev–Trinajstić information content (AvgIpc) is 2.48. The molecule has 0 aromatic heterocycles. The molecule has 0 unspecified atom stereocenters.